The van der Waals surface area contributed by atoms with E-state index in [1.54, 1.807) is 0 Å². The first-order valence-electron chi connectivity index (χ1n) is 6.87. The van der Waals surface area contributed by atoms with Crippen molar-refractivity contribution in [1.82, 2.24) is 0 Å². The second-order valence-corrected chi connectivity index (χ2v) is 5.78. The molecule has 0 N–H and O–H groups in total. The maximum absolute atomic E-state index is 2.65. The molecule has 94 valence electrons. The predicted molar refractivity (Wildman–Crippen MR) is 75.9 cm³/mol. The number of piperidine rings is 1. The summed E-state index contributed by atoms with van der Waals surface area (Å²) in [7, 11) is 0. The highest BCUT2D eigenvalue weighted by molar-refractivity contribution is 5.61. The van der Waals surface area contributed by atoms with Crippen molar-refractivity contribution >= 4 is 5.69 Å². The number of rotatable bonds is 1. The Morgan fingerprint density at radius 2 is 1.41 bits per heavy atom. The third kappa shape index (κ3) is 2.34. The Bertz CT molecular complexity index is 375. The molecule has 2 rings (SSSR count). The van der Waals surface area contributed by atoms with Crippen LogP contribution >= 0.6 is 0 Å². The lowest BCUT2D eigenvalue weighted by Gasteiger charge is -2.42. The van der Waals surface area contributed by atoms with E-state index in [0.29, 0.717) is 12.1 Å². The van der Waals surface area contributed by atoms with Gasteiger partial charge >= 0.3 is 0 Å². The van der Waals surface area contributed by atoms with Crippen LogP contribution in [0.2, 0.25) is 0 Å². The topological polar surface area (TPSA) is 3.24 Å². The van der Waals surface area contributed by atoms with Crippen LogP contribution < -0.4 is 4.90 Å². The van der Waals surface area contributed by atoms with Crippen molar-refractivity contribution < 1.29 is 0 Å². The molecule has 1 aliphatic heterocycles. The maximum atomic E-state index is 2.65. The van der Waals surface area contributed by atoms with Crippen LogP contribution in [0.25, 0.3) is 0 Å². The Kier molecular flexibility index (Phi) is 3.46. The molecule has 1 nitrogen and oxygen atoms in total. The van der Waals surface area contributed by atoms with Crippen LogP contribution in [0.3, 0.4) is 0 Å². The van der Waals surface area contributed by atoms with Gasteiger partial charge in [0.2, 0.25) is 0 Å². The highest BCUT2D eigenvalue weighted by Crippen LogP contribution is 2.34. The summed E-state index contributed by atoms with van der Waals surface area (Å²) in [6.45, 7) is 11.4. The van der Waals surface area contributed by atoms with Crippen molar-refractivity contribution in [2.75, 3.05) is 4.90 Å². The van der Waals surface area contributed by atoms with E-state index in [1.165, 1.54) is 41.6 Å². The second-order valence-electron chi connectivity index (χ2n) is 5.78. The zero-order chi connectivity index (χ0) is 12.6. The van der Waals surface area contributed by atoms with Gasteiger partial charge in [-0.3, -0.25) is 0 Å². The normalized spacial score (nSPS) is 25.1. The maximum Gasteiger partial charge on any atom is 0.0430 e. The first kappa shape index (κ1) is 12.5. The number of hydrogen-bond donors (Lipinski definition) is 0. The highest BCUT2D eigenvalue weighted by Gasteiger charge is 2.26. The molecule has 17 heavy (non-hydrogen) atoms. The average Bonchev–Trinajstić information content (AvgIpc) is 2.21. The van der Waals surface area contributed by atoms with Gasteiger partial charge in [0, 0.05) is 17.8 Å². The molecule has 2 atom stereocenters. The standard InChI is InChI=1S/C16H25N/c1-11-9-12(2)16(13(3)10-11)17-14(4)7-6-8-15(17)5/h9-10,14-15H,6-8H2,1-5H3. The molecule has 0 aliphatic carbocycles. The Balaban J connectivity index is 2.44. The van der Waals surface area contributed by atoms with Crippen molar-refractivity contribution in [3.8, 4) is 0 Å². The fraction of sp³-hybridized carbons (Fsp3) is 0.625. The van der Waals surface area contributed by atoms with Crippen molar-refractivity contribution in [2.45, 2.75) is 66.0 Å². The van der Waals surface area contributed by atoms with Gasteiger partial charge in [0.05, 0.1) is 0 Å². The molecule has 0 radical (unpaired) electrons. The molecule has 0 aromatic heterocycles. The van der Waals surface area contributed by atoms with Gasteiger partial charge in [0.25, 0.3) is 0 Å². The number of benzene rings is 1. The summed E-state index contributed by atoms with van der Waals surface area (Å²) < 4.78 is 0. The minimum atomic E-state index is 0.679. The van der Waals surface area contributed by atoms with E-state index >= 15 is 0 Å². The van der Waals surface area contributed by atoms with Crippen molar-refractivity contribution in [1.29, 1.82) is 0 Å². The van der Waals surface area contributed by atoms with Crippen LogP contribution in [0.4, 0.5) is 5.69 Å². The fourth-order valence-electron chi connectivity index (χ4n) is 3.44. The lowest BCUT2D eigenvalue weighted by Crippen LogP contribution is -2.44. The van der Waals surface area contributed by atoms with Gasteiger partial charge in [-0.1, -0.05) is 17.7 Å². The van der Waals surface area contributed by atoms with Crippen molar-refractivity contribution in [2.24, 2.45) is 0 Å². The van der Waals surface area contributed by atoms with E-state index in [2.05, 4.69) is 51.7 Å². The van der Waals surface area contributed by atoms with E-state index in [0.717, 1.165) is 0 Å². The Morgan fingerprint density at radius 1 is 0.941 bits per heavy atom. The SMILES string of the molecule is Cc1cc(C)c(N2C(C)CCCC2C)c(C)c1. The molecular weight excluding hydrogens is 206 g/mol. The number of nitrogens with zero attached hydrogens (tertiary/aromatic N) is 1. The quantitative estimate of drug-likeness (QED) is 0.693. The van der Waals surface area contributed by atoms with Gasteiger partial charge in [0.1, 0.15) is 0 Å². The minimum Gasteiger partial charge on any atom is -0.366 e. The monoisotopic (exact) mass is 231 g/mol. The predicted octanol–water partition coefficient (Wildman–Crippen LogP) is 4.38. The van der Waals surface area contributed by atoms with Crippen LogP contribution in [-0.2, 0) is 0 Å². The smallest absolute Gasteiger partial charge is 0.0430 e. The van der Waals surface area contributed by atoms with Gasteiger partial charge in [-0.05, 0) is 65.0 Å². The molecule has 1 heteroatoms. The van der Waals surface area contributed by atoms with Gasteiger partial charge in [-0.25, -0.2) is 0 Å². The van der Waals surface area contributed by atoms with E-state index in [4.69, 9.17) is 0 Å². The summed E-state index contributed by atoms with van der Waals surface area (Å²) in [6, 6.07) is 5.99. The lowest BCUT2D eigenvalue weighted by atomic mass is 9.93. The lowest BCUT2D eigenvalue weighted by molar-refractivity contribution is 0.413. The second kappa shape index (κ2) is 4.72. The Labute approximate surface area is 106 Å². The summed E-state index contributed by atoms with van der Waals surface area (Å²) in [4.78, 5) is 2.65. The molecule has 0 bridgehead atoms. The minimum absolute atomic E-state index is 0.679. The molecule has 2 unspecified atom stereocenters. The third-order valence-electron chi connectivity index (χ3n) is 4.09. The summed E-state index contributed by atoms with van der Waals surface area (Å²) in [5.74, 6) is 0. The van der Waals surface area contributed by atoms with Gasteiger partial charge in [0.15, 0.2) is 0 Å². The van der Waals surface area contributed by atoms with E-state index in [1.807, 2.05) is 0 Å². The zero-order valence-electron chi connectivity index (χ0n) is 11.9. The number of anilines is 1. The first-order chi connectivity index (χ1) is 8.00. The molecule has 1 heterocycles. The molecular formula is C16H25N. The van der Waals surface area contributed by atoms with Crippen LogP contribution in [0.1, 0.15) is 49.8 Å². The Hall–Kier alpha value is -0.980. The van der Waals surface area contributed by atoms with E-state index in [9.17, 15) is 0 Å². The third-order valence-corrected chi connectivity index (χ3v) is 4.09. The van der Waals surface area contributed by atoms with Crippen LogP contribution in [0, 0.1) is 20.8 Å². The largest absolute Gasteiger partial charge is 0.366 e. The molecule has 1 aliphatic rings. The van der Waals surface area contributed by atoms with Gasteiger partial charge in [-0.15, -0.1) is 0 Å². The summed E-state index contributed by atoms with van der Waals surface area (Å²) in [5.41, 5.74) is 5.72. The van der Waals surface area contributed by atoms with Crippen LogP contribution in [0.15, 0.2) is 12.1 Å². The molecule has 1 saturated heterocycles. The van der Waals surface area contributed by atoms with Gasteiger partial charge < -0.3 is 4.90 Å². The molecule has 0 saturated carbocycles. The fourth-order valence-corrected chi connectivity index (χ4v) is 3.44. The summed E-state index contributed by atoms with van der Waals surface area (Å²) in [6.07, 6.45) is 4.04. The van der Waals surface area contributed by atoms with Gasteiger partial charge in [-0.2, -0.15) is 0 Å². The van der Waals surface area contributed by atoms with Crippen LogP contribution in [-0.4, -0.2) is 12.1 Å². The van der Waals surface area contributed by atoms with Crippen molar-refractivity contribution in [3.05, 3.63) is 28.8 Å². The van der Waals surface area contributed by atoms with E-state index in [-0.39, 0.29) is 0 Å². The average molecular weight is 231 g/mol. The number of aryl methyl sites for hydroxylation is 3. The first-order valence-corrected chi connectivity index (χ1v) is 6.87. The number of hydrogen-bond acceptors (Lipinski definition) is 1. The molecule has 1 fully saturated rings. The Morgan fingerprint density at radius 3 is 1.88 bits per heavy atom. The summed E-state index contributed by atoms with van der Waals surface area (Å²) in [5, 5.41) is 0. The highest BCUT2D eigenvalue weighted by atomic mass is 15.2. The van der Waals surface area contributed by atoms with Crippen molar-refractivity contribution in [3.63, 3.8) is 0 Å². The molecule has 0 amide bonds. The summed E-state index contributed by atoms with van der Waals surface area (Å²) >= 11 is 0. The molecule has 0 spiro atoms. The van der Waals surface area contributed by atoms with E-state index < -0.39 is 0 Å². The molecule has 1 aromatic rings. The zero-order valence-corrected chi connectivity index (χ0v) is 11.9. The van der Waals surface area contributed by atoms with Crippen LogP contribution in [0.5, 0.6) is 0 Å². The molecule has 1 aromatic carbocycles.